The lowest BCUT2D eigenvalue weighted by Crippen LogP contribution is -2.23. The van der Waals surface area contributed by atoms with Gasteiger partial charge in [0.1, 0.15) is 5.82 Å². The topological polar surface area (TPSA) is 46.9 Å². The van der Waals surface area contributed by atoms with Crippen LogP contribution in [0.3, 0.4) is 0 Å². The van der Waals surface area contributed by atoms with Crippen molar-refractivity contribution in [3.05, 3.63) is 68.9 Å². The van der Waals surface area contributed by atoms with Crippen molar-refractivity contribution in [3.63, 3.8) is 0 Å². The van der Waals surface area contributed by atoms with Crippen LogP contribution in [0.5, 0.6) is 0 Å². The maximum absolute atomic E-state index is 13.1. The molecule has 0 aliphatic heterocycles. The summed E-state index contributed by atoms with van der Waals surface area (Å²) in [5, 5.41) is 9.40. The molecule has 0 radical (unpaired) electrons. The van der Waals surface area contributed by atoms with E-state index in [0.717, 1.165) is 16.3 Å². The zero-order valence-electron chi connectivity index (χ0n) is 13.8. The minimum absolute atomic E-state index is 0.147. The Morgan fingerprint density at radius 1 is 1.21 bits per heavy atom. The molecule has 2 aromatic heterocycles. The number of carbonyl (C=O) groups is 1. The molecule has 0 bridgehead atoms. The number of amides is 1. The molecule has 3 rings (SSSR count). The smallest absolute Gasteiger partial charge is 0.255 e. The van der Waals surface area contributed by atoms with Crippen molar-refractivity contribution in [1.29, 1.82) is 0 Å². The highest BCUT2D eigenvalue weighted by molar-refractivity contribution is 7.10. The first-order chi connectivity index (χ1) is 11.5. The Hall–Kier alpha value is -2.47. The Bertz CT molecular complexity index is 880. The van der Waals surface area contributed by atoms with Crippen LogP contribution < -0.4 is 5.32 Å². The second-order valence-corrected chi connectivity index (χ2v) is 6.64. The molecule has 24 heavy (non-hydrogen) atoms. The van der Waals surface area contributed by atoms with Crippen molar-refractivity contribution < 1.29 is 9.18 Å². The summed E-state index contributed by atoms with van der Waals surface area (Å²) in [7, 11) is 0. The molecule has 0 spiro atoms. The van der Waals surface area contributed by atoms with Gasteiger partial charge in [0, 0.05) is 4.88 Å². The number of hydrogen-bond donors (Lipinski definition) is 1. The Balaban J connectivity index is 1.84. The third-order valence-electron chi connectivity index (χ3n) is 3.97. The second-order valence-electron chi connectivity index (χ2n) is 5.64. The van der Waals surface area contributed by atoms with Gasteiger partial charge in [0.05, 0.1) is 29.2 Å². The van der Waals surface area contributed by atoms with Crippen LogP contribution in [0, 0.1) is 26.6 Å². The summed E-state index contributed by atoms with van der Waals surface area (Å²) in [6, 6.07) is 8.09. The minimum Gasteiger partial charge on any atom is -0.347 e. The van der Waals surface area contributed by atoms with Crippen molar-refractivity contribution >= 4 is 17.2 Å². The van der Waals surface area contributed by atoms with Crippen LogP contribution in [0.25, 0.3) is 5.69 Å². The van der Waals surface area contributed by atoms with Gasteiger partial charge in [0.15, 0.2) is 0 Å². The van der Waals surface area contributed by atoms with E-state index < -0.39 is 0 Å². The number of nitrogens with zero attached hydrogens (tertiary/aromatic N) is 2. The lowest BCUT2D eigenvalue weighted by Gasteiger charge is -2.07. The van der Waals surface area contributed by atoms with Crippen LogP contribution in [-0.4, -0.2) is 15.7 Å². The van der Waals surface area contributed by atoms with Gasteiger partial charge in [-0.05, 0) is 62.0 Å². The van der Waals surface area contributed by atoms with E-state index in [2.05, 4.69) is 10.4 Å². The molecule has 0 saturated heterocycles. The monoisotopic (exact) mass is 343 g/mol. The van der Waals surface area contributed by atoms with Gasteiger partial charge in [-0.1, -0.05) is 0 Å². The van der Waals surface area contributed by atoms with Crippen LogP contribution >= 0.6 is 11.3 Å². The van der Waals surface area contributed by atoms with Crippen molar-refractivity contribution in [2.75, 3.05) is 0 Å². The number of hydrogen-bond acceptors (Lipinski definition) is 3. The number of thiophene rings is 1. The summed E-state index contributed by atoms with van der Waals surface area (Å²) in [5.74, 6) is -0.448. The maximum Gasteiger partial charge on any atom is 0.255 e. The Labute approximate surface area is 143 Å². The summed E-state index contributed by atoms with van der Waals surface area (Å²) in [6.45, 7) is 6.18. The average molecular weight is 343 g/mol. The number of carbonyl (C=O) groups excluding carboxylic acids is 1. The van der Waals surface area contributed by atoms with Crippen molar-refractivity contribution in [1.82, 2.24) is 15.1 Å². The molecule has 1 N–H and O–H groups in total. The number of rotatable bonds is 4. The van der Waals surface area contributed by atoms with Crippen LogP contribution in [0.15, 0.2) is 35.7 Å². The molecule has 0 fully saturated rings. The van der Waals surface area contributed by atoms with E-state index in [1.807, 2.05) is 25.3 Å². The highest BCUT2D eigenvalue weighted by Crippen LogP contribution is 2.19. The molecule has 124 valence electrons. The van der Waals surface area contributed by atoms with Crippen LogP contribution in [-0.2, 0) is 6.54 Å². The standard InChI is InChI=1S/C18H18FN3OS/c1-11-8-9-24-16(11)10-20-18(23)17-12(2)21-22(13(17)3)15-6-4-14(19)5-7-15/h4-9H,10H2,1-3H3,(H,20,23). The number of aromatic nitrogens is 2. The van der Waals surface area contributed by atoms with Crippen molar-refractivity contribution in [2.24, 2.45) is 0 Å². The molecule has 0 atom stereocenters. The van der Waals surface area contributed by atoms with Gasteiger partial charge in [0.2, 0.25) is 0 Å². The third-order valence-corrected chi connectivity index (χ3v) is 4.99. The Kier molecular flexibility index (Phi) is 4.49. The van der Waals surface area contributed by atoms with Gasteiger partial charge in [0.25, 0.3) is 5.91 Å². The van der Waals surface area contributed by atoms with Gasteiger partial charge in [-0.25, -0.2) is 9.07 Å². The molecule has 1 aromatic carbocycles. The first kappa shape index (κ1) is 16.4. The summed E-state index contributed by atoms with van der Waals surface area (Å²) in [6.07, 6.45) is 0. The molecule has 2 heterocycles. The SMILES string of the molecule is Cc1ccsc1CNC(=O)c1c(C)nn(-c2ccc(F)cc2)c1C. The second kappa shape index (κ2) is 6.57. The Morgan fingerprint density at radius 2 is 1.92 bits per heavy atom. The van der Waals surface area contributed by atoms with Gasteiger partial charge in [-0.3, -0.25) is 4.79 Å². The first-order valence-electron chi connectivity index (χ1n) is 7.60. The Morgan fingerprint density at radius 3 is 2.54 bits per heavy atom. The summed E-state index contributed by atoms with van der Waals surface area (Å²) in [5.41, 5.74) is 3.85. The van der Waals surface area contributed by atoms with E-state index in [-0.39, 0.29) is 11.7 Å². The third kappa shape index (κ3) is 3.10. The van der Waals surface area contributed by atoms with Gasteiger partial charge in [-0.2, -0.15) is 5.10 Å². The number of benzene rings is 1. The molecule has 0 saturated carbocycles. The predicted molar refractivity (Wildman–Crippen MR) is 93.2 cm³/mol. The molecule has 0 aliphatic rings. The molecule has 3 aromatic rings. The van der Waals surface area contributed by atoms with E-state index in [9.17, 15) is 9.18 Å². The lowest BCUT2D eigenvalue weighted by molar-refractivity contribution is 0.0950. The highest BCUT2D eigenvalue weighted by atomic mass is 32.1. The fraction of sp³-hybridized carbons (Fsp3) is 0.222. The molecule has 0 unspecified atom stereocenters. The van der Waals surface area contributed by atoms with Gasteiger partial charge in [-0.15, -0.1) is 11.3 Å². The molecular formula is C18H18FN3OS. The van der Waals surface area contributed by atoms with Gasteiger partial charge < -0.3 is 5.32 Å². The maximum atomic E-state index is 13.1. The molecule has 6 heteroatoms. The summed E-state index contributed by atoms with van der Waals surface area (Å²) >= 11 is 1.63. The largest absolute Gasteiger partial charge is 0.347 e. The normalized spacial score (nSPS) is 10.8. The van der Waals surface area contributed by atoms with Crippen LogP contribution in [0.4, 0.5) is 4.39 Å². The van der Waals surface area contributed by atoms with E-state index in [1.165, 1.54) is 17.7 Å². The minimum atomic E-state index is -0.301. The molecule has 0 aliphatic carbocycles. The molecule has 4 nitrogen and oxygen atoms in total. The zero-order chi connectivity index (χ0) is 17.3. The van der Waals surface area contributed by atoms with E-state index in [1.54, 1.807) is 35.1 Å². The first-order valence-corrected chi connectivity index (χ1v) is 8.48. The lowest BCUT2D eigenvalue weighted by atomic mass is 10.1. The van der Waals surface area contributed by atoms with E-state index in [0.29, 0.717) is 17.8 Å². The van der Waals surface area contributed by atoms with Crippen molar-refractivity contribution in [2.45, 2.75) is 27.3 Å². The number of nitrogens with one attached hydrogen (secondary N) is 1. The average Bonchev–Trinajstić information content (AvgIpc) is 3.09. The van der Waals surface area contributed by atoms with E-state index in [4.69, 9.17) is 0 Å². The highest BCUT2D eigenvalue weighted by Gasteiger charge is 2.19. The quantitative estimate of drug-likeness (QED) is 0.780. The van der Waals surface area contributed by atoms with Crippen LogP contribution in [0.2, 0.25) is 0 Å². The summed E-state index contributed by atoms with van der Waals surface area (Å²) < 4.78 is 14.8. The van der Waals surface area contributed by atoms with Crippen LogP contribution in [0.1, 0.15) is 32.2 Å². The van der Waals surface area contributed by atoms with E-state index >= 15 is 0 Å². The number of aryl methyl sites for hydroxylation is 2. The number of halogens is 1. The summed E-state index contributed by atoms with van der Waals surface area (Å²) in [4.78, 5) is 13.7. The predicted octanol–water partition coefficient (Wildman–Crippen LogP) is 3.93. The van der Waals surface area contributed by atoms with Crippen molar-refractivity contribution in [3.8, 4) is 5.69 Å². The molecule has 1 amide bonds. The fourth-order valence-corrected chi connectivity index (χ4v) is 3.48. The zero-order valence-corrected chi connectivity index (χ0v) is 14.6. The van der Waals surface area contributed by atoms with Gasteiger partial charge >= 0.3 is 0 Å². The molecular weight excluding hydrogens is 325 g/mol. The fourth-order valence-electron chi connectivity index (χ4n) is 2.64.